The molecule has 0 unspecified atom stereocenters. The molecule has 150 valence electrons. The highest BCUT2D eigenvalue weighted by molar-refractivity contribution is 5.89. The summed E-state index contributed by atoms with van der Waals surface area (Å²) in [5.41, 5.74) is 3.96. The number of rotatable bonds is 6. The quantitative estimate of drug-likeness (QED) is 0.336. The summed E-state index contributed by atoms with van der Waals surface area (Å²) in [7, 11) is 0. The summed E-state index contributed by atoms with van der Waals surface area (Å²) in [6, 6.07) is 29.4. The Morgan fingerprint density at radius 2 is 1.00 bits per heavy atom. The second-order valence-electron chi connectivity index (χ2n) is 6.80. The van der Waals surface area contributed by atoms with Gasteiger partial charge in [0.25, 0.3) is 0 Å². The number of anilines is 6. The Kier molecular flexibility index (Phi) is 5.05. The lowest BCUT2D eigenvalue weighted by Crippen LogP contribution is -2.05. The fourth-order valence-corrected chi connectivity index (χ4v) is 3.09. The lowest BCUT2D eigenvalue weighted by Gasteiger charge is -2.12. The standard InChI is InChI=1S/C24H19N7/c1-4-10-17(11-5-1)26-22-21-20(29-24(31-22)28-19-14-8-3-9-15-19)16-25-23(30-21)27-18-12-6-2-7-13-18/h1-16H,(H,25,27,30)(H2,26,28,29,31). The van der Waals surface area contributed by atoms with E-state index in [1.807, 2.05) is 91.0 Å². The minimum absolute atomic E-state index is 0.462. The van der Waals surface area contributed by atoms with Crippen LogP contribution < -0.4 is 16.0 Å². The first-order chi connectivity index (χ1) is 15.3. The maximum Gasteiger partial charge on any atom is 0.229 e. The average molecular weight is 405 g/mol. The Labute approximate surface area is 179 Å². The molecule has 31 heavy (non-hydrogen) atoms. The minimum Gasteiger partial charge on any atom is -0.338 e. The van der Waals surface area contributed by atoms with Crippen molar-refractivity contribution in [2.45, 2.75) is 0 Å². The van der Waals surface area contributed by atoms with Crippen molar-refractivity contribution < 1.29 is 0 Å². The third-order valence-electron chi connectivity index (χ3n) is 4.53. The van der Waals surface area contributed by atoms with Gasteiger partial charge in [-0.05, 0) is 36.4 Å². The first kappa shape index (κ1) is 18.5. The molecule has 2 heterocycles. The third-order valence-corrected chi connectivity index (χ3v) is 4.53. The fraction of sp³-hybridized carbons (Fsp3) is 0. The number of hydrogen-bond donors (Lipinski definition) is 3. The lowest BCUT2D eigenvalue weighted by atomic mass is 10.3. The predicted octanol–water partition coefficient (Wildman–Crippen LogP) is 5.65. The molecule has 5 aromatic rings. The van der Waals surface area contributed by atoms with Gasteiger partial charge < -0.3 is 16.0 Å². The van der Waals surface area contributed by atoms with Crippen LogP contribution in [-0.2, 0) is 0 Å². The van der Waals surface area contributed by atoms with Crippen LogP contribution >= 0.6 is 0 Å². The zero-order valence-corrected chi connectivity index (χ0v) is 16.5. The summed E-state index contributed by atoms with van der Waals surface area (Å²) < 4.78 is 0. The SMILES string of the molecule is c1ccc(Nc2nc(Nc3ccccc3)c3nc(Nc4ccccc4)ncc3n2)cc1. The maximum atomic E-state index is 4.69. The number of hydrogen-bond acceptors (Lipinski definition) is 7. The summed E-state index contributed by atoms with van der Waals surface area (Å²) in [6.07, 6.45) is 1.70. The van der Waals surface area contributed by atoms with Crippen LogP contribution in [0.4, 0.5) is 34.8 Å². The van der Waals surface area contributed by atoms with E-state index in [1.165, 1.54) is 0 Å². The van der Waals surface area contributed by atoms with Gasteiger partial charge in [-0.1, -0.05) is 54.6 Å². The van der Waals surface area contributed by atoms with Gasteiger partial charge in [-0.15, -0.1) is 0 Å². The van der Waals surface area contributed by atoms with Gasteiger partial charge in [-0.3, -0.25) is 0 Å². The molecule has 0 bridgehead atoms. The van der Waals surface area contributed by atoms with Gasteiger partial charge in [0.05, 0.1) is 6.20 Å². The number of aromatic nitrogens is 4. The van der Waals surface area contributed by atoms with Crippen LogP contribution in [0, 0.1) is 0 Å². The molecule has 0 saturated carbocycles. The molecule has 0 saturated heterocycles. The van der Waals surface area contributed by atoms with Crippen molar-refractivity contribution in [3.05, 3.63) is 97.2 Å². The van der Waals surface area contributed by atoms with Gasteiger partial charge in [0.1, 0.15) is 11.0 Å². The summed E-state index contributed by atoms with van der Waals surface area (Å²) in [6.45, 7) is 0. The second kappa shape index (κ2) is 8.46. The van der Waals surface area contributed by atoms with E-state index in [4.69, 9.17) is 0 Å². The largest absolute Gasteiger partial charge is 0.338 e. The van der Waals surface area contributed by atoms with Crippen molar-refractivity contribution >= 4 is 45.8 Å². The van der Waals surface area contributed by atoms with Crippen LogP contribution in [0.3, 0.4) is 0 Å². The molecule has 0 aliphatic heterocycles. The Bertz CT molecular complexity index is 1290. The Morgan fingerprint density at radius 1 is 0.484 bits per heavy atom. The van der Waals surface area contributed by atoms with Crippen molar-refractivity contribution in [1.82, 2.24) is 19.9 Å². The molecular weight excluding hydrogens is 386 g/mol. The molecule has 7 nitrogen and oxygen atoms in total. The van der Waals surface area contributed by atoms with Crippen LogP contribution in [0.25, 0.3) is 11.0 Å². The van der Waals surface area contributed by atoms with E-state index in [1.54, 1.807) is 6.20 Å². The highest BCUT2D eigenvalue weighted by atomic mass is 15.2. The minimum atomic E-state index is 0.462. The van der Waals surface area contributed by atoms with E-state index in [9.17, 15) is 0 Å². The zero-order valence-electron chi connectivity index (χ0n) is 16.5. The van der Waals surface area contributed by atoms with E-state index in [2.05, 4.69) is 35.9 Å². The van der Waals surface area contributed by atoms with Crippen molar-refractivity contribution in [2.24, 2.45) is 0 Å². The van der Waals surface area contributed by atoms with Crippen molar-refractivity contribution in [2.75, 3.05) is 16.0 Å². The van der Waals surface area contributed by atoms with Gasteiger partial charge >= 0.3 is 0 Å². The van der Waals surface area contributed by atoms with Crippen LogP contribution in [-0.4, -0.2) is 19.9 Å². The van der Waals surface area contributed by atoms with Crippen LogP contribution in [0.1, 0.15) is 0 Å². The summed E-state index contributed by atoms with van der Waals surface area (Å²) in [5, 5.41) is 9.82. The molecule has 3 N–H and O–H groups in total. The second-order valence-corrected chi connectivity index (χ2v) is 6.80. The van der Waals surface area contributed by atoms with Crippen molar-refractivity contribution in [1.29, 1.82) is 0 Å². The van der Waals surface area contributed by atoms with E-state index in [-0.39, 0.29) is 0 Å². The highest BCUT2D eigenvalue weighted by Crippen LogP contribution is 2.26. The maximum absolute atomic E-state index is 4.69. The highest BCUT2D eigenvalue weighted by Gasteiger charge is 2.12. The molecule has 5 rings (SSSR count). The molecule has 0 aliphatic carbocycles. The molecular formula is C24H19N7. The molecule has 0 radical (unpaired) electrons. The predicted molar refractivity (Wildman–Crippen MR) is 124 cm³/mol. The molecule has 2 aromatic heterocycles. The van der Waals surface area contributed by atoms with Crippen molar-refractivity contribution in [3.63, 3.8) is 0 Å². The summed E-state index contributed by atoms with van der Waals surface area (Å²) >= 11 is 0. The molecule has 7 heteroatoms. The van der Waals surface area contributed by atoms with Gasteiger partial charge in [0, 0.05) is 17.1 Å². The average Bonchev–Trinajstić information content (AvgIpc) is 2.81. The molecule has 0 aliphatic rings. The number of nitrogens with zero attached hydrogens (tertiary/aromatic N) is 4. The Hall–Kier alpha value is -4.52. The summed E-state index contributed by atoms with van der Waals surface area (Å²) in [5.74, 6) is 1.53. The molecule has 0 amide bonds. The van der Waals surface area contributed by atoms with Gasteiger partial charge in [0.15, 0.2) is 5.82 Å². The van der Waals surface area contributed by atoms with E-state index >= 15 is 0 Å². The first-order valence-electron chi connectivity index (χ1n) is 9.84. The molecule has 3 aromatic carbocycles. The van der Waals surface area contributed by atoms with E-state index < -0.39 is 0 Å². The lowest BCUT2D eigenvalue weighted by molar-refractivity contribution is 1.15. The topological polar surface area (TPSA) is 87.7 Å². The molecule has 0 spiro atoms. The van der Waals surface area contributed by atoms with Crippen LogP contribution in [0.5, 0.6) is 0 Å². The van der Waals surface area contributed by atoms with E-state index in [0.29, 0.717) is 28.7 Å². The number of para-hydroxylation sites is 3. The molecule has 0 atom stereocenters. The van der Waals surface area contributed by atoms with E-state index in [0.717, 1.165) is 17.1 Å². The Balaban J connectivity index is 1.55. The Morgan fingerprint density at radius 3 is 1.58 bits per heavy atom. The normalized spacial score (nSPS) is 10.6. The number of nitrogens with one attached hydrogen (secondary N) is 3. The third kappa shape index (κ3) is 4.40. The smallest absolute Gasteiger partial charge is 0.229 e. The van der Waals surface area contributed by atoms with Gasteiger partial charge in [-0.25, -0.2) is 15.0 Å². The monoisotopic (exact) mass is 405 g/mol. The van der Waals surface area contributed by atoms with Crippen LogP contribution in [0.2, 0.25) is 0 Å². The van der Waals surface area contributed by atoms with Gasteiger partial charge in [-0.2, -0.15) is 4.98 Å². The van der Waals surface area contributed by atoms with Crippen LogP contribution in [0.15, 0.2) is 97.2 Å². The summed E-state index contributed by atoms with van der Waals surface area (Å²) in [4.78, 5) is 18.4. The van der Waals surface area contributed by atoms with Gasteiger partial charge in [0.2, 0.25) is 11.9 Å². The first-order valence-corrected chi connectivity index (χ1v) is 9.84. The van der Waals surface area contributed by atoms with Crippen molar-refractivity contribution in [3.8, 4) is 0 Å². The zero-order chi connectivity index (χ0) is 20.9. The molecule has 0 fully saturated rings. The number of fused-ring (bicyclic) bond motifs is 1. The fourth-order valence-electron chi connectivity index (χ4n) is 3.09. The number of benzene rings is 3.